The molecule has 118 valence electrons. The Balaban J connectivity index is 2.43. The standard InChI is InChI=1S/C15H26N4O2/c1-12(2)18-15(20)11-19(3)14-6-5-13(10-17-14)9-16-7-8-21-4/h5-6,10,12,16H,7-9,11H2,1-4H3,(H,18,20). The zero-order chi connectivity index (χ0) is 15.7. The third-order valence-corrected chi connectivity index (χ3v) is 2.84. The Bertz CT molecular complexity index is 420. The molecular weight excluding hydrogens is 268 g/mol. The third-order valence-electron chi connectivity index (χ3n) is 2.84. The van der Waals surface area contributed by atoms with Gasteiger partial charge in [-0.3, -0.25) is 4.79 Å². The first kappa shape index (κ1) is 17.4. The number of ether oxygens (including phenoxy) is 1. The maximum Gasteiger partial charge on any atom is 0.239 e. The first-order valence-electron chi connectivity index (χ1n) is 7.18. The molecule has 1 aromatic rings. The monoisotopic (exact) mass is 294 g/mol. The summed E-state index contributed by atoms with van der Waals surface area (Å²) in [5.74, 6) is 0.786. The number of rotatable bonds is 9. The molecule has 0 saturated carbocycles. The van der Waals surface area contributed by atoms with Crippen LogP contribution in [0.4, 0.5) is 5.82 Å². The minimum absolute atomic E-state index is 0.000362. The van der Waals surface area contributed by atoms with Crippen LogP contribution in [0.15, 0.2) is 18.3 Å². The van der Waals surface area contributed by atoms with Gasteiger partial charge < -0.3 is 20.3 Å². The SMILES string of the molecule is COCCNCc1ccc(N(C)CC(=O)NC(C)C)nc1. The van der Waals surface area contributed by atoms with Gasteiger partial charge in [0.25, 0.3) is 0 Å². The Morgan fingerprint density at radius 2 is 2.19 bits per heavy atom. The minimum atomic E-state index is -0.000362. The highest BCUT2D eigenvalue weighted by Gasteiger charge is 2.09. The van der Waals surface area contributed by atoms with E-state index < -0.39 is 0 Å². The number of aromatic nitrogens is 1. The number of anilines is 1. The van der Waals surface area contributed by atoms with E-state index >= 15 is 0 Å². The second kappa shape index (κ2) is 9.31. The van der Waals surface area contributed by atoms with Crippen LogP contribution in [0.25, 0.3) is 0 Å². The van der Waals surface area contributed by atoms with E-state index in [4.69, 9.17) is 4.74 Å². The summed E-state index contributed by atoms with van der Waals surface area (Å²) < 4.78 is 4.97. The van der Waals surface area contributed by atoms with E-state index in [1.807, 2.05) is 44.1 Å². The molecule has 1 heterocycles. The van der Waals surface area contributed by atoms with Gasteiger partial charge in [-0.15, -0.1) is 0 Å². The van der Waals surface area contributed by atoms with Crippen molar-refractivity contribution in [3.05, 3.63) is 23.9 Å². The lowest BCUT2D eigenvalue weighted by molar-refractivity contribution is -0.120. The van der Waals surface area contributed by atoms with Gasteiger partial charge in [-0.25, -0.2) is 4.98 Å². The quantitative estimate of drug-likeness (QED) is 0.659. The Hall–Kier alpha value is -1.66. The Kier molecular flexibility index (Phi) is 7.71. The van der Waals surface area contributed by atoms with Crippen molar-refractivity contribution < 1.29 is 9.53 Å². The van der Waals surface area contributed by atoms with Gasteiger partial charge in [0.2, 0.25) is 5.91 Å². The predicted octanol–water partition coefficient (Wildman–Crippen LogP) is 0.778. The summed E-state index contributed by atoms with van der Waals surface area (Å²) in [6.07, 6.45) is 1.83. The highest BCUT2D eigenvalue weighted by molar-refractivity contribution is 5.81. The van der Waals surface area contributed by atoms with Gasteiger partial charge in [0.1, 0.15) is 5.82 Å². The molecule has 0 radical (unpaired) electrons. The van der Waals surface area contributed by atoms with Crippen LogP contribution in [0.1, 0.15) is 19.4 Å². The van der Waals surface area contributed by atoms with Gasteiger partial charge in [0.15, 0.2) is 0 Å². The van der Waals surface area contributed by atoms with Gasteiger partial charge in [-0.2, -0.15) is 0 Å². The lowest BCUT2D eigenvalue weighted by Gasteiger charge is -2.19. The maximum atomic E-state index is 11.7. The number of nitrogens with zero attached hydrogens (tertiary/aromatic N) is 2. The van der Waals surface area contributed by atoms with Crippen molar-refractivity contribution in [2.45, 2.75) is 26.4 Å². The fourth-order valence-corrected chi connectivity index (χ4v) is 1.82. The molecule has 1 rings (SSSR count). The summed E-state index contributed by atoms with van der Waals surface area (Å²) in [4.78, 5) is 17.9. The van der Waals surface area contributed by atoms with Crippen LogP contribution in [-0.4, -0.2) is 50.8 Å². The molecule has 0 atom stereocenters. The molecule has 6 heteroatoms. The average molecular weight is 294 g/mol. The van der Waals surface area contributed by atoms with E-state index in [-0.39, 0.29) is 11.9 Å². The zero-order valence-corrected chi connectivity index (χ0v) is 13.3. The number of hydrogen-bond donors (Lipinski definition) is 2. The average Bonchev–Trinajstić information content (AvgIpc) is 2.43. The fourth-order valence-electron chi connectivity index (χ4n) is 1.82. The molecule has 1 aromatic heterocycles. The van der Waals surface area contributed by atoms with E-state index in [9.17, 15) is 4.79 Å². The highest BCUT2D eigenvalue weighted by Crippen LogP contribution is 2.09. The van der Waals surface area contributed by atoms with Crippen LogP contribution in [0.5, 0.6) is 0 Å². The summed E-state index contributed by atoms with van der Waals surface area (Å²) in [5.41, 5.74) is 1.11. The summed E-state index contributed by atoms with van der Waals surface area (Å²) in [5, 5.41) is 6.13. The van der Waals surface area contributed by atoms with Crippen LogP contribution in [0.3, 0.4) is 0 Å². The summed E-state index contributed by atoms with van der Waals surface area (Å²) in [7, 11) is 3.54. The number of hydrogen-bond acceptors (Lipinski definition) is 5. The first-order chi connectivity index (χ1) is 10.0. The number of methoxy groups -OCH3 is 1. The lowest BCUT2D eigenvalue weighted by atomic mass is 10.2. The highest BCUT2D eigenvalue weighted by atomic mass is 16.5. The summed E-state index contributed by atoms with van der Waals surface area (Å²) in [6, 6.07) is 4.09. The zero-order valence-electron chi connectivity index (χ0n) is 13.3. The molecule has 1 amide bonds. The molecule has 21 heavy (non-hydrogen) atoms. The largest absolute Gasteiger partial charge is 0.383 e. The van der Waals surface area contributed by atoms with Crippen LogP contribution in [0, 0.1) is 0 Å². The second-order valence-corrected chi connectivity index (χ2v) is 5.27. The number of carbonyl (C=O) groups is 1. The molecule has 0 aliphatic carbocycles. The number of nitrogens with one attached hydrogen (secondary N) is 2. The van der Waals surface area contributed by atoms with Crippen molar-refractivity contribution in [2.24, 2.45) is 0 Å². The third kappa shape index (κ3) is 7.06. The predicted molar refractivity (Wildman–Crippen MR) is 84.4 cm³/mol. The molecule has 0 saturated heterocycles. The molecule has 0 fully saturated rings. The molecule has 6 nitrogen and oxygen atoms in total. The van der Waals surface area contributed by atoms with Gasteiger partial charge in [0, 0.05) is 39.5 Å². The number of amides is 1. The van der Waals surface area contributed by atoms with E-state index in [0.29, 0.717) is 13.2 Å². The van der Waals surface area contributed by atoms with E-state index in [0.717, 1.165) is 24.5 Å². The van der Waals surface area contributed by atoms with Crippen molar-refractivity contribution in [2.75, 3.05) is 38.8 Å². The second-order valence-electron chi connectivity index (χ2n) is 5.27. The Morgan fingerprint density at radius 1 is 1.43 bits per heavy atom. The van der Waals surface area contributed by atoms with Crippen LogP contribution in [-0.2, 0) is 16.1 Å². The normalized spacial score (nSPS) is 10.7. The number of carbonyl (C=O) groups excluding carboxylic acids is 1. The van der Waals surface area contributed by atoms with E-state index in [1.165, 1.54) is 0 Å². The molecule has 0 aliphatic heterocycles. The van der Waals surface area contributed by atoms with Crippen LogP contribution in [0.2, 0.25) is 0 Å². The fraction of sp³-hybridized carbons (Fsp3) is 0.600. The Morgan fingerprint density at radius 3 is 2.76 bits per heavy atom. The molecule has 0 aromatic carbocycles. The van der Waals surface area contributed by atoms with Crippen LogP contribution >= 0.6 is 0 Å². The molecule has 0 aliphatic rings. The Labute approximate surface area is 126 Å². The number of likely N-dealkylation sites (N-methyl/N-ethyl adjacent to an activating group) is 1. The maximum absolute atomic E-state index is 11.7. The first-order valence-corrected chi connectivity index (χ1v) is 7.18. The van der Waals surface area contributed by atoms with E-state index in [1.54, 1.807) is 7.11 Å². The van der Waals surface area contributed by atoms with Crippen molar-refractivity contribution >= 4 is 11.7 Å². The molecule has 2 N–H and O–H groups in total. The van der Waals surface area contributed by atoms with Gasteiger partial charge in [0.05, 0.1) is 13.2 Å². The van der Waals surface area contributed by atoms with Crippen LogP contribution < -0.4 is 15.5 Å². The molecule has 0 bridgehead atoms. The lowest BCUT2D eigenvalue weighted by Crippen LogP contribution is -2.38. The summed E-state index contributed by atoms with van der Waals surface area (Å²) in [6.45, 7) is 6.46. The topological polar surface area (TPSA) is 66.5 Å². The molecular formula is C15H26N4O2. The molecule has 0 spiro atoms. The van der Waals surface area contributed by atoms with Crippen molar-refractivity contribution in [3.63, 3.8) is 0 Å². The van der Waals surface area contributed by atoms with E-state index in [2.05, 4.69) is 15.6 Å². The van der Waals surface area contributed by atoms with Crippen molar-refractivity contribution in [3.8, 4) is 0 Å². The van der Waals surface area contributed by atoms with Crippen molar-refractivity contribution in [1.82, 2.24) is 15.6 Å². The van der Waals surface area contributed by atoms with Gasteiger partial charge >= 0.3 is 0 Å². The van der Waals surface area contributed by atoms with Gasteiger partial charge in [-0.1, -0.05) is 6.07 Å². The van der Waals surface area contributed by atoms with Gasteiger partial charge in [-0.05, 0) is 25.5 Å². The molecule has 0 unspecified atom stereocenters. The minimum Gasteiger partial charge on any atom is -0.383 e. The van der Waals surface area contributed by atoms with Crippen molar-refractivity contribution in [1.29, 1.82) is 0 Å². The summed E-state index contributed by atoms with van der Waals surface area (Å²) >= 11 is 0. The number of pyridine rings is 1. The smallest absolute Gasteiger partial charge is 0.239 e.